The Hall–Kier alpha value is -2.86. The summed E-state index contributed by atoms with van der Waals surface area (Å²) in [5.41, 5.74) is 0.805. The van der Waals surface area contributed by atoms with Crippen LogP contribution in [-0.2, 0) is 9.59 Å². The van der Waals surface area contributed by atoms with Crippen LogP contribution in [0, 0.1) is 5.92 Å². The molecule has 28 heavy (non-hydrogen) atoms. The molecule has 0 aliphatic carbocycles. The molecule has 0 saturated carbocycles. The normalized spacial score (nSPS) is 20.5. The van der Waals surface area contributed by atoms with Crippen LogP contribution >= 0.6 is 0 Å². The smallest absolute Gasteiger partial charge is 0.228 e. The minimum atomic E-state index is -0.254. The van der Waals surface area contributed by atoms with Gasteiger partial charge >= 0.3 is 0 Å². The highest BCUT2D eigenvalue weighted by molar-refractivity contribution is 6.00. The van der Waals surface area contributed by atoms with Crippen molar-refractivity contribution in [3.63, 3.8) is 0 Å². The van der Waals surface area contributed by atoms with Gasteiger partial charge in [-0.3, -0.25) is 9.59 Å². The van der Waals surface area contributed by atoms with Gasteiger partial charge in [0.15, 0.2) is 0 Å². The number of carbonyl (C=O) groups excluding carboxylic acids is 2. The summed E-state index contributed by atoms with van der Waals surface area (Å²) in [5.74, 6) is 1.34. The molecular weight excluding hydrogens is 354 g/mol. The number of para-hydroxylation sites is 1. The fourth-order valence-corrected chi connectivity index (χ4v) is 3.73. The molecule has 2 heterocycles. The van der Waals surface area contributed by atoms with Gasteiger partial charge in [-0.15, -0.1) is 0 Å². The van der Waals surface area contributed by atoms with Crippen LogP contribution in [0.4, 0.5) is 5.69 Å². The fraction of sp³-hybridized carbons (Fsp3) is 0.364. The number of nitrogens with zero attached hydrogens (tertiary/aromatic N) is 3. The average Bonchev–Trinajstić information content (AvgIpc) is 3.11. The number of carbonyl (C=O) groups is 2. The van der Waals surface area contributed by atoms with Gasteiger partial charge in [-0.1, -0.05) is 18.2 Å². The second-order valence-electron chi connectivity index (χ2n) is 7.44. The lowest BCUT2D eigenvalue weighted by molar-refractivity contribution is -0.137. The van der Waals surface area contributed by atoms with Gasteiger partial charge in [0.05, 0.1) is 5.92 Å². The molecule has 0 aromatic heterocycles. The van der Waals surface area contributed by atoms with Gasteiger partial charge in [0.1, 0.15) is 11.5 Å². The number of ether oxygens (including phenoxy) is 1. The van der Waals surface area contributed by atoms with Crippen molar-refractivity contribution in [2.24, 2.45) is 5.92 Å². The van der Waals surface area contributed by atoms with E-state index < -0.39 is 0 Å². The van der Waals surface area contributed by atoms with E-state index in [0.717, 1.165) is 37.6 Å². The van der Waals surface area contributed by atoms with E-state index in [0.29, 0.717) is 12.3 Å². The van der Waals surface area contributed by atoms with Crippen molar-refractivity contribution in [3.8, 4) is 11.5 Å². The number of rotatable bonds is 4. The van der Waals surface area contributed by atoms with Gasteiger partial charge < -0.3 is 19.4 Å². The number of likely N-dealkylation sites (N-methyl/N-ethyl adjacent to an activating group) is 1. The third kappa shape index (κ3) is 4.02. The monoisotopic (exact) mass is 379 g/mol. The number of piperazine rings is 1. The van der Waals surface area contributed by atoms with E-state index in [4.69, 9.17) is 4.74 Å². The van der Waals surface area contributed by atoms with Crippen LogP contribution in [0.3, 0.4) is 0 Å². The number of hydrogen-bond donors (Lipinski definition) is 0. The van der Waals surface area contributed by atoms with Gasteiger partial charge in [-0.25, -0.2) is 0 Å². The van der Waals surface area contributed by atoms with Crippen LogP contribution in [0.2, 0.25) is 0 Å². The van der Waals surface area contributed by atoms with E-state index in [-0.39, 0.29) is 24.2 Å². The lowest BCUT2D eigenvalue weighted by Gasteiger charge is -2.33. The Morgan fingerprint density at radius 1 is 0.929 bits per heavy atom. The summed E-state index contributed by atoms with van der Waals surface area (Å²) in [5, 5.41) is 0. The van der Waals surface area contributed by atoms with Crippen molar-refractivity contribution < 1.29 is 14.3 Å². The number of hydrogen-bond acceptors (Lipinski definition) is 4. The molecule has 6 nitrogen and oxygen atoms in total. The average molecular weight is 379 g/mol. The molecule has 146 valence electrons. The molecule has 2 fully saturated rings. The molecule has 0 bridgehead atoms. The lowest BCUT2D eigenvalue weighted by Crippen LogP contribution is -2.49. The maximum atomic E-state index is 12.8. The largest absolute Gasteiger partial charge is 0.457 e. The fourth-order valence-electron chi connectivity index (χ4n) is 3.73. The van der Waals surface area contributed by atoms with Crippen molar-refractivity contribution in [1.82, 2.24) is 9.80 Å². The molecule has 2 aliphatic heterocycles. The molecule has 0 radical (unpaired) electrons. The molecule has 1 unspecified atom stereocenters. The summed E-state index contributed by atoms with van der Waals surface area (Å²) in [6.07, 6.45) is 0.285. The van der Waals surface area contributed by atoms with E-state index in [1.54, 1.807) is 4.90 Å². The Bertz CT molecular complexity index is 830. The van der Waals surface area contributed by atoms with Crippen LogP contribution in [0.1, 0.15) is 6.42 Å². The molecule has 0 spiro atoms. The molecule has 2 amide bonds. The molecule has 2 aromatic carbocycles. The standard InChI is InChI=1S/C22H25N3O3/c1-23-11-13-24(14-12-23)22(27)17-15-21(26)25(16-17)18-7-9-20(10-8-18)28-19-5-3-2-4-6-19/h2-10,17H,11-16H2,1H3. The third-order valence-electron chi connectivity index (χ3n) is 5.42. The molecule has 2 aromatic rings. The van der Waals surface area contributed by atoms with Crippen LogP contribution in [-0.4, -0.2) is 61.4 Å². The molecule has 6 heteroatoms. The Balaban J connectivity index is 1.39. The summed E-state index contributed by atoms with van der Waals surface area (Å²) in [6.45, 7) is 3.71. The molecule has 0 N–H and O–H groups in total. The highest BCUT2D eigenvalue weighted by Gasteiger charge is 2.37. The van der Waals surface area contributed by atoms with Gasteiger partial charge in [0, 0.05) is 44.8 Å². The molecule has 4 rings (SSSR count). The first-order chi connectivity index (χ1) is 13.6. The molecule has 1 atom stereocenters. The first-order valence-electron chi connectivity index (χ1n) is 9.71. The lowest BCUT2D eigenvalue weighted by atomic mass is 10.1. The van der Waals surface area contributed by atoms with Gasteiger partial charge in [-0.2, -0.15) is 0 Å². The van der Waals surface area contributed by atoms with Gasteiger partial charge in [-0.05, 0) is 43.4 Å². The zero-order valence-corrected chi connectivity index (χ0v) is 16.1. The minimum absolute atomic E-state index is 0.00389. The summed E-state index contributed by atoms with van der Waals surface area (Å²) < 4.78 is 5.80. The first kappa shape index (κ1) is 18.5. The van der Waals surface area contributed by atoms with Crippen LogP contribution in [0.25, 0.3) is 0 Å². The Morgan fingerprint density at radius 2 is 1.57 bits per heavy atom. The zero-order chi connectivity index (χ0) is 19.5. The maximum absolute atomic E-state index is 12.8. The second kappa shape index (κ2) is 8.02. The van der Waals surface area contributed by atoms with E-state index >= 15 is 0 Å². The van der Waals surface area contributed by atoms with Crippen LogP contribution in [0.15, 0.2) is 54.6 Å². The van der Waals surface area contributed by atoms with Crippen molar-refractivity contribution in [1.29, 1.82) is 0 Å². The summed E-state index contributed by atoms with van der Waals surface area (Å²) >= 11 is 0. The van der Waals surface area contributed by atoms with E-state index in [9.17, 15) is 9.59 Å². The Kier molecular flexibility index (Phi) is 5.30. The Labute approximate surface area is 165 Å². The first-order valence-corrected chi connectivity index (χ1v) is 9.71. The maximum Gasteiger partial charge on any atom is 0.228 e. The number of amides is 2. The highest BCUT2D eigenvalue weighted by Crippen LogP contribution is 2.29. The molecule has 2 saturated heterocycles. The SMILES string of the molecule is CN1CCN(C(=O)C2CC(=O)N(c3ccc(Oc4ccccc4)cc3)C2)CC1. The van der Waals surface area contributed by atoms with E-state index in [1.165, 1.54) is 0 Å². The van der Waals surface area contributed by atoms with E-state index in [1.807, 2.05) is 59.5 Å². The summed E-state index contributed by atoms with van der Waals surface area (Å²) in [6, 6.07) is 17.0. The highest BCUT2D eigenvalue weighted by atomic mass is 16.5. The van der Waals surface area contributed by atoms with Crippen LogP contribution < -0.4 is 9.64 Å². The quantitative estimate of drug-likeness (QED) is 0.820. The molecular formula is C22H25N3O3. The second-order valence-corrected chi connectivity index (χ2v) is 7.44. The van der Waals surface area contributed by atoms with Crippen molar-refractivity contribution >= 4 is 17.5 Å². The summed E-state index contributed by atoms with van der Waals surface area (Å²) in [4.78, 5) is 31.1. The Morgan fingerprint density at radius 3 is 2.25 bits per heavy atom. The topological polar surface area (TPSA) is 53.1 Å². The van der Waals surface area contributed by atoms with Crippen molar-refractivity contribution in [2.45, 2.75) is 6.42 Å². The van der Waals surface area contributed by atoms with Crippen molar-refractivity contribution in [2.75, 3.05) is 44.7 Å². The number of benzene rings is 2. The predicted molar refractivity (Wildman–Crippen MR) is 107 cm³/mol. The number of anilines is 1. The summed E-state index contributed by atoms with van der Waals surface area (Å²) in [7, 11) is 2.06. The predicted octanol–water partition coefficient (Wildman–Crippen LogP) is 2.61. The molecule has 2 aliphatic rings. The minimum Gasteiger partial charge on any atom is -0.457 e. The van der Waals surface area contributed by atoms with Crippen LogP contribution in [0.5, 0.6) is 11.5 Å². The van der Waals surface area contributed by atoms with Gasteiger partial charge in [0.2, 0.25) is 11.8 Å². The van der Waals surface area contributed by atoms with E-state index in [2.05, 4.69) is 11.9 Å². The third-order valence-corrected chi connectivity index (χ3v) is 5.42. The zero-order valence-electron chi connectivity index (χ0n) is 16.1. The van der Waals surface area contributed by atoms with Gasteiger partial charge in [0.25, 0.3) is 0 Å². The van der Waals surface area contributed by atoms with Crippen molar-refractivity contribution in [3.05, 3.63) is 54.6 Å².